The lowest BCUT2D eigenvalue weighted by Crippen LogP contribution is -2.47. The van der Waals surface area contributed by atoms with E-state index in [-0.39, 0.29) is 17.3 Å². The number of hydrogen-bond acceptors (Lipinski definition) is 5. The average Bonchev–Trinajstić information content (AvgIpc) is 3.20. The second-order valence-electron chi connectivity index (χ2n) is 5.02. The number of nitro groups is 1. The summed E-state index contributed by atoms with van der Waals surface area (Å²) in [5.41, 5.74) is -0.951. The number of benzene rings is 1. The number of nitrogens with one attached hydrogen (secondary N) is 1. The van der Waals surface area contributed by atoms with Gasteiger partial charge in [-0.3, -0.25) is 15.4 Å². The maximum atomic E-state index is 10.7. The van der Waals surface area contributed by atoms with Crippen LogP contribution >= 0.6 is 11.6 Å². The molecule has 1 aliphatic rings. The van der Waals surface area contributed by atoms with Gasteiger partial charge in [-0.15, -0.1) is 0 Å². The molecule has 7 heteroatoms. The molecule has 20 heavy (non-hydrogen) atoms. The van der Waals surface area contributed by atoms with Gasteiger partial charge < -0.3 is 4.74 Å². The maximum absolute atomic E-state index is 10.7. The van der Waals surface area contributed by atoms with Crippen LogP contribution in [-0.4, -0.2) is 23.1 Å². The summed E-state index contributed by atoms with van der Waals surface area (Å²) in [6.45, 7) is 1.91. The Morgan fingerprint density at radius 1 is 1.65 bits per heavy atom. The van der Waals surface area contributed by atoms with Crippen LogP contribution in [0, 0.1) is 21.4 Å². The van der Waals surface area contributed by atoms with Crippen molar-refractivity contribution in [2.75, 3.05) is 6.61 Å². The summed E-state index contributed by atoms with van der Waals surface area (Å²) in [6.07, 6.45) is 2.14. The van der Waals surface area contributed by atoms with Gasteiger partial charge in [0.25, 0.3) is 5.69 Å². The Balaban J connectivity index is 2.01. The minimum absolute atomic E-state index is 0.0151. The normalized spacial score (nSPS) is 17.1. The van der Waals surface area contributed by atoms with Crippen molar-refractivity contribution in [3.63, 3.8) is 0 Å². The third-order valence-corrected chi connectivity index (χ3v) is 3.29. The fourth-order valence-electron chi connectivity index (χ4n) is 1.74. The molecule has 0 aromatic heterocycles. The predicted molar refractivity (Wildman–Crippen MR) is 73.8 cm³/mol. The van der Waals surface area contributed by atoms with Crippen molar-refractivity contribution in [3.8, 4) is 11.8 Å². The Morgan fingerprint density at radius 3 is 2.85 bits per heavy atom. The Hall–Kier alpha value is -1.84. The Bertz CT molecular complexity index is 568. The predicted octanol–water partition coefficient (Wildman–Crippen LogP) is 2.66. The van der Waals surface area contributed by atoms with Crippen molar-refractivity contribution < 1.29 is 9.66 Å². The monoisotopic (exact) mass is 295 g/mol. The first kappa shape index (κ1) is 14.6. The molecule has 6 nitrogen and oxygen atoms in total. The van der Waals surface area contributed by atoms with Gasteiger partial charge in [0, 0.05) is 18.2 Å². The highest BCUT2D eigenvalue weighted by Crippen LogP contribution is 2.29. The van der Waals surface area contributed by atoms with E-state index >= 15 is 0 Å². The Labute approximate surface area is 121 Å². The van der Waals surface area contributed by atoms with E-state index in [4.69, 9.17) is 16.3 Å². The highest BCUT2D eigenvalue weighted by atomic mass is 35.5. The van der Waals surface area contributed by atoms with Crippen molar-refractivity contribution >= 4 is 17.3 Å². The molecule has 0 heterocycles. The molecule has 1 aromatic rings. The van der Waals surface area contributed by atoms with E-state index in [1.165, 1.54) is 18.2 Å². The quantitative estimate of drug-likeness (QED) is 0.644. The van der Waals surface area contributed by atoms with Crippen molar-refractivity contribution in [1.82, 2.24) is 5.32 Å². The van der Waals surface area contributed by atoms with Gasteiger partial charge in [-0.1, -0.05) is 11.6 Å². The fourth-order valence-corrected chi connectivity index (χ4v) is 1.98. The van der Waals surface area contributed by atoms with E-state index in [9.17, 15) is 15.4 Å². The number of hydrogen-bond donors (Lipinski definition) is 1. The molecule has 1 aliphatic carbocycles. The maximum Gasteiger partial charge on any atom is 0.288 e. The van der Waals surface area contributed by atoms with Gasteiger partial charge >= 0.3 is 0 Å². The summed E-state index contributed by atoms with van der Waals surface area (Å²) >= 11 is 5.80. The van der Waals surface area contributed by atoms with E-state index < -0.39 is 10.5 Å². The summed E-state index contributed by atoms with van der Waals surface area (Å²) in [4.78, 5) is 10.1. The number of nitrogens with zero attached hydrogens (tertiary/aromatic N) is 2. The lowest BCUT2D eigenvalue weighted by atomic mass is 10.1. The second kappa shape index (κ2) is 5.65. The zero-order valence-corrected chi connectivity index (χ0v) is 11.7. The molecule has 0 amide bonds. The van der Waals surface area contributed by atoms with Crippen LogP contribution in [0.5, 0.6) is 5.75 Å². The van der Waals surface area contributed by atoms with Gasteiger partial charge in [-0.25, -0.2) is 0 Å². The largest absolute Gasteiger partial charge is 0.490 e. The van der Waals surface area contributed by atoms with Crippen LogP contribution in [0.4, 0.5) is 5.69 Å². The molecule has 1 unspecified atom stereocenters. The van der Waals surface area contributed by atoms with E-state index in [1.807, 2.05) is 0 Å². The lowest BCUT2D eigenvalue weighted by molar-refractivity contribution is -0.384. The first-order chi connectivity index (χ1) is 9.43. The van der Waals surface area contributed by atoms with Crippen LogP contribution in [0.15, 0.2) is 18.2 Å². The molecule has 0 bridgehead atoms. The van der Waals surface area contributed by atoms with Gasteiger partial charge in [-0.2, -0.15) is 5.26 Å². The molecule has 106 valence electrons. The third-order valence-electron chi connectivity index (χ3n) is 2.99. The van der Waals surface area contributed by atoms with Crippen LogP contribution in [0.2, 0.25) is 5.02 Å². The molecular formula is C13H14ClN3O3. The molecule has 1 N–H and O–H groups in total. The topological polar surface area (TPSA) is 88.2 Å². The standard InChI is InChI=1S/C13H14ClN3O3/c1-13(7-15,16-9-2-3-9)8-20-10-4-5-12(17(18)19)11(14)6-10/h4-6,9,16H,2-3,8H2,1H3. The van der Waals surface area contributed by atoms with Crippen LogP contribution < -0.4 is 10.1 Å². The summed E-state index contributed by atoms with van der Waals surface area (Å²) in [5, 5.41) is 23.1. The number of nitriles is 1. The second-order valence-corrected chi connectivity index (χ2v) is 5.43. The third kappa shape index (κ3) is 3.59. The van der Waals surface area contributed by atoms with Gasteiger partial charge in [0.15, 0.2) is 0 Å². The van der Waals surface area contributed by atoms with Crippen LogP contribution in [0.1, 0.15) is 19.8 Å². The van der Waals surface area contributed by atoms with Gasteiger partial charge in [0.05, 0.1) is 11.0 Å². The molecule has 0 radical (unpaired) electrons. The zero-order valence-electron chi connectivity index (χ0n) is 10.9. The summed E-state index contributed by atoms with van der Waals surface area (Å²) in [6, 6.07) is 6.71. The van der Waals surface area contributed by atoms with Gasteiger partial charge in [-0.05, 0) is 25.8 Å². The van der Waals surface area contributed by atoms with E-state index in [1.54, 1.807) is 6.92 Å². The zero-order chi connectivity index (χ0) is 14.8. The van der Waals surface area contributed by atoms with E-state index in [2.05, 4.69) is 11.4 Å². The molecular weight excluding hydrogens is 282 g/mol. The lowest BCUT2D eigenvalue weighted by Gasteiger charge is -2.23. The smallest absolute Gasteiger partial charge is 0.288 e. The molecule has 0 aliphatic heterocycles. The van der Waals surface area contributed by atoms with Crippen LogP contribution in [0.25, 0.3) is 0 Å². The minimum atomic E-state index is -0.782. The van der Waals surface area contributed by atoms with E-state index in [0.717, 1.165) is 12.8 Å². The molecule has 0 saturated heterocycles. The first-order valence-electron chi connectivity index (χ1n) is 6.19. The number of halogens is 1. The van der Waals surface area contributed by atoms with Gasteiger partial charge in [0.2, 0.25) is 0 Å². The molecule has 1 fully saturated rings. The molecule has 0 spiro atoms. The Morgan fingerprint density at radius 2 is 2.35 bits per heavy atom. The highest BCUT2D eigenvalue weighted by molar-refractivity contribution is 6.32. The van der Waals surface area contributed by atoms with Crippen molar-refractivity contribution in [3.05, 3.63) is 33.3 Å². The number of rotatable bonds is 6. The van der Waals surface area contributed by atoms with Crippen molar-refractivity contribution in [2.24, 2.45) is 0 Å². The summed E-state index contributed by atoms with van der Waals surface area (Å²) in [7, 11) is 0. The van der Waals surface area contributed by atoms with Crippen molar-refractivity contribution in [2.45, 2.75) is 31.3 Å². The average molecular weight is 296 g/mol. The van der Waals surface area contributed by atoms with E-state index in [0.29, 0.717) is 11.8 Å². The van der Waals surface area contributed by atoms with Gasteiger partial charge in [0.1, 0.15) is 22.9 Å². The summed E-state index contributed by atoms with van der Waals surface area (Å²) < 4.78 is 5.51. The molecule has 1 saturated carbocycles. The number of ether oxygens (including phenoxy) is 1. The Kier molecular flexibility index (Phi) is 4.12. The van der Waals surface area contributed by atoms with Crippen LogP contribution in [-0.2, 0) is 0 Å². The first-order valence-corrected chi connectivity index (χ1v) is 6.57. The highest BCUT2D eigenvalue weighted by Gasteiger charge is 2.33. The van der Waals surface area contributed by atoms with Crippen LogP contribution in [0.3, 0.4) is 0 Å². The molecule has 1 aromatic carbocycles. The molecule has 2 rings (SSSR count). The molecule has 1 atom stereocenters. The van der Waals surface area contributed by atoms with Crippen molar-refractivity contribution in [1.29, 1.82) is 5.26 Å². The number of nitro benzene ring substituents is 1. The fraction of sp³-hybridized carbons (Fsp3) is 0.462. The summed E-state index contributed by atoms with van der Waals surface area (Å²) in [5.74, 6) is 0.402. The SMILES string of the molecule is CC(C#N)(COc1ccc([N+](=O)[O-])c(Cl)c1)NC1CC1. The minimum Gasteiger partial charge on any atom is -0.490 e.